The highest BCUT2D eigenvalue weighted by Gasteiger charge is 2.25. The molecule has 2 nitrogen and oxygen atoms in total. The van der Waals surface area contributed by atoms with Crippen LogP contribution in [0.25, 0.3) is 16.5 Å². The lowest BCUT2D eigenvalue weighted by Gasteiger charge is -2.28. The van der Waals surface area contributed by atoms with E-state index in [2.05, 4.69) is 132 Å². The van der Waals surface area contributed by atoms with Gasteiger partial charge in [0.25, 0.3) is 0 Å². The highest BCUT2D eigenvalue weighted by molar-refractivity contribution is 5.88. The van der Waals surface area contributed by atoms with Crippen molar-refractivity contribution in [2.75, 3.05) is 6.54 Å². The van der Waals surface area contributed by atoms with Gasteiger partial charge in [0.05, 0.1) is 0 Å². The van der Waals surface area contributed by atoms with Gasteiger partial charge in [-0.1, -0.05) is 114 Å². The zero-order valence-corrected chi connectivity index (χ0v) is 18.9. The minimum absolute atomic E-state index is 0.917. The van der Waals surface area contributed by atoms with Crippen molar-refractivity contribution in [1.29, 1.82) is 0 Å². The average Bonchev–Trinajstić information content (AvgIpc) is 3.29. The summed E-state index contributed by atoms with van der Waals surface area (Å²) >= 11 is 0. The molecule has 1 aliphatic heterocycles. The van der Waals surface area contributed by atoms with Crippen molar-refractivity contribution in [2.45, 2.75) is 6.42 Å². The molecule has 0 spiro atoms. The van der Waals surface area contributed by atoms with Crippen LogP contribution in [0.1, 0.15) is 27.9 Å². The Labute approximate surface area is 200 Å². The van der Waals surface area contributed by atoms with Crippen LogP contribution >= 0.6 is 0 Å². The van der Waals surface area contributed by atoms with Gasteiger partial charge in [0.1, 0.15) is 18.8 Å². The lowest BCUT2D eigenvalue weighted by Crippen LogP contribution is -2.28. The highest BCUT2D eigenvalue weighted by atomic mass is 15.1. The molecule has 0 radical (unpaired) electrons. The Balaban J connectivity index is 1.58. The molecule has 0 saturated heterocycles. The van der Waals surface area contributed by atoms with E-state index < -0.39 is 0 Å². The van der Waals surface area contributed by atoms with Gasteiger partial charge in [0.15, 0.2) is 0 Å². The molecular weight excluding hydrogens is 412 g/mol. The van der Waals surface area contributed by atoms with Crippen LogP contribution in [-0.4, -0.2) is 22.3 Å². The third kappa shape index (κ3) is 3.84. The van der Waals surface area contributed by atoms with Crippen LogP contribution in [0.4, 0.5) is 0 Å². The Morgan fingerprint density at radius 2 is 1.35 bits per heavy atom. The van der Waals surface area contributed by atoms with Crippen molar-refractivity contribution in [3.8, 4) is 0 Å². The fraction of sp³-hybridized carbons (Fsp3) is 0.0625. The van der Waals surface area contributed by atoms with Gasteiger partial charge in [0, 0.05) is 5.69 Å². The van der Waals surface area contributed by atoms with E-state index in [4.69, 9.17) is 4.98 Å². The number of aromatic nitrogens is 1. The van der Waals surface area contributed by atoms with E-state index in [-0.39, 0.29) is 0 Å². The molecule has 2 heterocycles. The van der Waals surface area contributed by atoms with E-state index in [0.29, 0.717) is 0 Å². The molecule has 0 unspecified atom stereocenters. The van der Waals surface area contributed by atoms with Crippen molar-refractivity contribution in [3.63, 3.8) is 0 Å². The van der Waals surface area contributed by atoms with Crippen LogP contribution in [0.3, 0.4) is 0 Å². The topological polar surface area (TPSA) is 15.9 Å². The summed E-state index contributed by atoms with van der Waals surface area (Å²) in [5.74, 6) is 0. The van der Waals surface area contributed by atoms with E-state index >= 15 is 0 Å². The Hall–Kier alpha value is -4.30. The normalized spacial score (nSPS) is 14.2. The summed E-state index contributed by atoms with van der Waals surface area (Å²) in [5.41, 5.74) is 8.29. The molecular formula is C32H25N2-. The van der Waals surface area contributed by atoms with Crippen LogP contribution in [-0.2, 0) is 6.42 Å². The number of benzene rings is 4. The summed E-state index contributed by atoms with van der Waals surface area (Å²) in [7, 11) is 0. The van der Waals surface area contributed by atoms with Gasteiger partial charge in [-0.25, -0.2) is 0 Å². The molecule has 0 atom stereocenters. The minimum Gasteiger partial charge on any atom is -0.337 e. The van der Waals surface area contributed by atoms with Crippen molar-refractivity contribution in [2.24, 2.45) is 0 Å². The number of rotatable bonds is 4. The number of fused-ring (bicyclic) bond motifs is 3. The van der Waals surface area contributed by atoms with Crippen LogP contribution < -0.4 is 0 Å². The van der Waals surface area contributed by atoms with Gasteiger partial charge in [-0.3, -0.25) is 4.58 Å². The largest absolute Gasteiger partial charge is 0.337 e. The molecule has 1 aromatic heterocycles. The van der Waals surface area contributed by atoms with Gasteiger partial charge in [-0.2, -0.15) is 0 Å². The Morgan fingerprint density at radius 1 is 0.735 bits per heavy atom. The summed E-state index contributed by atoms with van der Waals surface area (Å²) in [6, 6.07) is 41.5. The molecule has 0 aliphatic carbocycles. The van der Waals surface area contributed by atoms with Gasteiger partial charge in [-0.15, -0.1) is 35.2 Å². The van der Waals surface area contributed by atoms with Gasteiger partial charge in [0.2, 0.25) is 0 Å². The fourth-order valence-electron chi connectivity index (χ4n) is 4.81. The Morgan fingerprint density at radius 3 is 2.03 bits per heavy atom. The second kappa shape index (κ2) is 8.92. The summed E-state index contributed by atoms with van der Waals surface area (Å²) < 4.78 is 2.37. The first-order chi connectivity index (χ1) is 16.9. The molecule has 0 saturated carbocycles. The zero-order chi connectivity index (χ0) is 22.7. The third-order valence-corrected chi connectivity index (χ3v) is 6.46. The molecule has 4 aromatic carbocycles. The quantitative estimate of drug-likeness (QED) is 0.227. The molecule has 34 heavy (non-hydrogen) atoms. The highest BCUT2D eigenvalue weighted by Crippen LogP contribution is 2.35. The maximum Gasteiger partial charge on any atom is 0.128 e. The Bertz CT molecular complexity index is 1430. The maximum absolute atomic E-state index is 5.12. The lowest BCUT2D eigenvalue weighted by atomic mass is 9.92. The monoisotopic (exact) mass is 437 g/mol. The molecule has 164 valence electrons. The van der Waals surface area contributed by atoms with Gasteiger partial charge < -0.3 is 4.98 Å². The molecule has 6 rings (SSSR count). The van der Waals surface area contributed by atoms with Crippen molar-refractivity contribution in [1.82, 2.24) is 4.98 Å². The van der Waals surface area contributed by atoms with Crippen molar-refractivity contribution < 1.29 is 4.58 Å². The first-order valence-corrected chi connectivity index (χ1v) is 11.8. The Kier molecular flexibility index (Phi) is 5.33. The van der Waals surface area contributed by atoms with E-state index in [0.717, 1.165) is 30.2 Å². The molecule has 5 aromatic rings. The lowest BCUT2D eigenvalue weighted by molar-refractivity contribution is -0.498. The number of nitrogens with zero attached hydrogens (tertiary/aromatic N) is 2. The average molecular weight is 438 g/mol. The maximum atomic E-state index is 5.12. The van der Waals surface area contributed by atoms with Crippen molar-refractivity contribution >= 4 is 22.7 Å². The molecule has 2 heteroatoms. The van der Waals surface area contributed by atoms with E-state index in [1.54, 1.807) is 0 Å². The predicted molar refractivity (Wildman–Crippen MR) is 140 cm³/mol. The van der Waals surface area contributed by atoms with Gasteiger partial charge >= 0.3 is 0 Å². The predicted octanol–water partition coefficient (Wildman–Crippen LogP) is 6.65. The first kappa shape index (κ1) is 20.3. The first-order valence-electron chi connectivity index (χ1n) is 11.8. The standard InChI is InChI=1S/C32H25N2/c1-4-12-24(13-5-1)23-34-21-20-28-27-18-10-11-19-30(27)33-32(28)31(34)22-29(25-14-6-2-7-15-25)26-16-8-3-9-17-26/h1-19,22-23H,20-21H2/q-1. The van der Waals surface area contributed by atoms with E-state index in [1.807, 2.05) is 0 Å². The molecule has 0 fully saturated rings. The van der Waals surface area contributed by atoms with Gasteiger partial charge in [-0.05, 0) is 17.5 Å². The molecule has 0 N–H and O–H groups in total. The summed E-state index contributed by atoms with van der Waals surface area (Å²) in [6.07, 6.45) is 5.55. The van der Waals surface area contributed by atoms with E-state index in [1.165, 1.54) is 33.2 Å². The fourth-order valence-corrected chi connectivity index (χ4v) is 4.81. The molecule has 1 aliphatic rings. The van der Waals surface area contributed by atoms with Crippen LogP contribution in [0.2, 0.25) is 0 Å². The minimum atomic E-state index is 0.917. The smallest absolute Gasteiger partial charge is 0.128 e. The number of hydrogen-bond donors (Lipinski definition) is 0. The summed E-state index contributed by atoms with van der Waals surface area (Å²) in [4.78, 5) is 5.12. The van der Waals surface area contributed by atoms with Crippen LogP contribution in [0, 0.1) is 6.04 Å². The number of hydrogen-bond acceptors (Lipinski definition) is 1. The SMILES string of the molecule is C(=C(c1ccccc1)c1ccccc1)[C-]1c2n[c-]3ccccc3c2CC[N+]1=Cc1ccccc1. The second-order valence-electron chi connectivity index (χ2n) is 8.61. The van der Waals surface area contributed by atoms with Crippen LogP contribution in [0.15, 0.2) is 121 Å². The zero-order valence-electron chi connectivity index (χ0n) is 18.9. The van der Waals surface area contributed by atoms with Crippen molar-refractivity contribution in [3.05, 3.63) is 155 Å². The molecule has 0 amide bonds. The summed E-state index contributed by atoms with van der Waals surface area (Å²) in [6.45, 7) is 0.917. The summed E-state index contributed by atoms with van der Waals surface area (Å²) in [5, 5.41) is 1.27. The van der Waals surface area contributed by atoms with Crippen LogP contribution in [0.5, 0.6) is 0 Å². The number of para-hydroxylation sites is 1. The molecule has 0 bridgehead atoms. The van der Waals surface area contributed by atoms with E-state index in [9.17, 15) is 0 Å². The second-order valence-corrected chi connectivity index (χ2v) is 8.61. The third-order valence-electron chi connectivity index (χ3n) is 6.46.